The van der Waals surface area contributed by atoms with Crippen LogP contribution in [0.3, 0.4) is 0 Å². The highest BCUT2D eigenvalue weighted by Crippen LogP contribution is 2.22. The minimum atomic E-state index is -0.849. The molecule has 0 spiro atoms. The van der Waals surface area contributed by atoms with Gasteiger partial charge in [0.2, 0.25) is 36.7 Å². The molecule has 25 nitrogen and oxygen atoms in total. The second-order valence-corrected chi connectivity index (χ2v) is 19.9. The van der Waals surface area contributed by atoms with Crippen molar-refractivity contribution in [3.63, 3.8) is 0 Å². The summed E-state index contributed by atoms with van der Waals surface area (Å²) in [5.41, 5.74) is 4.33. The summed E-state index contributed by atoms with van der Waals surface area (Å²) in [5.74, 6) is -1.77. The fourth-order valence-corrected chi connectivity index (χ4v) is 8.60. The SMILES string of the molecule is CC(=O)C[C@@H](C(=O)N1CCOCC1)N1CC[C@H](NC(=O)OC(C)(C)C)C1=O.[C-]#[N+]C[C@@H](C(=O)N1CCOCC1)N1CC[C@H](N)C1=O.[C-]#[N+]C[C@@H](C(=O)N1CCOCC1)N1CC[C@H](NC(=O)OC(C)(C)C)C1=O. The summed E-state index contributed by atoms with van der Waals surface area (Å²) < 4.78 is 26.1. The second kappa shape index (κ2) is 27.1. The van der Waals surface area contributed by atoms with E-state index in [1.807, 2.05) is 0 Å². The molecule has 6 aliphatic heterocycles. The van der Waals surface area contributed by atoms with Gasteiger partial charge in [-0.3, -0.25) is 33.6 Å². The number of alkyl carbamates (subject to hydrolysis) is 2. The first kappa shape index (κ1) is 58.4. The molecule has 0 aromatic carbocycles. The molecule has 0 saturated carbocycles. The molecule has 6 atom stereocenters. The molecule has 0 aliphatic carbocycles. The average molecular weight is 1020 g/mol. The van der Waals surface area contributed by atoms with E-state index in [2.05, 4.69) is 20.3 Å². The topological polar surface area (TPSA) is 278 Å². The summed E-state index contributed by atoms with van der Waals surface area (Å²) in [6.45, 7) is 32.5. The van der Waals surface area contributed by atoms with Crippen LogP contribution in [0.1, 0.15) is 74.1 Å². The van der Waals surface area contributed by atoms with Crippen molar-refractivity contribution in [1.29, 1.82) is 0 Å². The van der Waals surface area contributed by atoms with Crippen molar-refractivity contribution in [1.82, 2.24) is 40.0 Å². The van der Waals surface area contributed by atoms with E-state index in [1.165, 1.54) is 21.6 Å². The quantitative estimate of drug-likeness (QED) is 0.203. The Morgan fingerprint density at radius 3 is 1.19 bits per heavy atom. The van der Waals surface area contributed by atoms with Crippen LogP contribution in [-0.2, 0) is 57.2 Å². The molecule has 400 valence electrons. The number of hydrogen-bond donors (Lipinski definition) is 3. The molecule has 8 amide bonds. The Morgan fingerprint density at radius 1 is 0.569 bits per heavy atom. The number of nitrogens with zero attached hydrogens (tertiary/aromatic N) is 8. The van der Waals surface area contributed by atoms with Crippen molar-refractivity contribution in [2.24, 2.45) is 5.73 Å². The third-order valence-electron chi connectivity index (χ3n) is 12.1. The molecular weight excluding hydrogens is 943 g/mol. The van der Waals surface area contributed by atoms with Gasteiger partial charge in [-0.1, -0.05) is 0 Å². The van der Waals surface area contributed by atoms with E-state index < -0.39 is 59.6 Å². The minimum absolute atomic E-state index is 0.00531. The number of ether oxygens (including phenoxy) is 5. The van der Waals surface area contributed by atoms with Gasteiger partial charge in [-0.15, -0.1) is 0 Å². The smallest absolute Gasteiger partial charge is 0.408 e. The number of rotatable bonds is 12. The first-order chi connectivity index (χ1) is 34.0. The van der Waals surface area contributed by atoms with E-state index in [9.17, 15) is 43.2 Å². The molecular formula is C47H73N11O14. The maximum absolute atomic E-state index is 12.9. The Labute approximate surface area is 421 Å². The zero-order valence-corrected chi connectivity index (χ0v) is 42.7. The third-order valence-corrected chi connectivity index (χ3v) is 12.1. The van der Waals surface area contributed by atoms with E-state index in [-0.39, 0.29) is 60.7 Å². The van der Waals surface area contributed by atoms with Crippen molar-refractivity contribution in [2.75, 3.05) is 112 Å². The maximum Gasteiger partial charge on any atom is 0.408 e. The van der Waals surface area contributed by atoms with Crippen LogP contribution >= 0.6 is 0 Å². The lowest BCUT2D eigenvalue weighted by molar-refractivity contribution is -0.148. The van der Waals surface area contributed by atoms with Gasteiger partial charge < -0.3 is 79.1 Å². The Bertz CT molecular complexity index is 2030. The zero-order chi connectivity index (χ0) is 53.3. The Kier molecular flexibility index (Phi) is 22.0. The fraction of sp³-hybridized carbons (Fsp3) is 0.766. The molecule has 6 fully saturated rings. The molecule has 72 heavy (non-hydrogen) atoms. The van der Waals surface area contributed by atoms with E-state index in [4.69, 9.17) is 42.6 Å². The molecule has 6 saturated heterocycles. The largest absolute Gasteiger partial charge is 0.444 e. The van der Waals surface area contributed by atoms with Crippen molar-refractivity contribution in [3.05, 3.63) is 22.8 Å². The van der Waals surface area contributed by atoms with E-state index in [0.717, 1.165) is 0 Å². The van der Waals surface area contributed by atoms with Crippen LogP contribution in [0.25, 0.3) is 9.69 Å². The highest BCUT2D eigenvalue weighted by molar-refractivity contribution is 5.96. The number of Topliss-reactive ketones (excluding diaryl/α,β-unsaturated/α-hetero) is 1. The van der Waals surface area contributed by atoms with Gasteiger partial charge in [0.25, 0.3) is 11.8 Å². The summed E-state index contributed by atoms with van der Waals surface area (Å²) in [6.07, 6.45) is -0.0966. The number of likely N-dealkylation sites (tertiary alicyclic amines) is 3. The molecule has 0 radical (unpaired) electrons. The summed E-state index contributed by atoms with van der Waals surface area (Å²) >= 11 is 0. The lowest BCUT2D eigenvalue weighted by Gasteiger charge is -2.34. The molecule has 0 bridgehead atoms. The van der Waals surface area contributed by atoms with Crippen LogP contribution in [0.4, 0.5) is 9.59 Å². The van der Waals surface area contributed by atoms with Crippen LogP contribution in [-0.4, -0.2) is 242 Å². The van der Waals surface area contributed by atoms with E-state index >= 15 is 0 Å². The van der Waals surface area contributed by atoms with Gasteiger partial charge in [-0.25, -0.2) is 22.7 Å². The number of morpholine rings is 3. The Hall–Kier alpha value is -6.15. The van der Waals surface area contributed by atoms with Gasteiger partial charge in [0.05, 0.1) is 45.7 Å². The highest BCUT2D eigenvalue weighted by Gasteiger charge is 2.45. The monoisotopic (exact) mass is 1020 g/mol. The number of amides is 8. The highest BCUT2D eigenvalue weighted by atomic mass is 16.6. The minimum Gasteiger partial charge on any atom is -0.444 e. The summed E-state index contributed by atoms with van der Waals surface area (Å²) in [4.78, 5) is 127. The molecule has 25 heteroatoms. The van der Waals surface area contributed by atoms with E-state index in [0.29, 0.717) is 118 Å². The van der Waals surface area contributed by atoms with Gasteiger partial charge in [0.1, 0.15) is 35.1 Å². The van der Waals surface area contributed by atoms with Crippen LogP contribution in [0.2, 0.25) is 0 Å². The Morgan fingerprint density at radius 2 is 0.889 bits per heavy atom. The molecule has 0 unspecified atom stereocenters. The molecule has 0 aromatic rings. The van der Waals surface area contributed by atoms with E-state index in [1.54, 1.807) is 56.2 Å². The van der Waals surface area contributed by atoms with Gasteiger partial charge in [-0.05, 0) is 67.7 Å². The summed E-state index contributed by atoms with van der Waals surface area (Å²) in [7, 11) is 0. The number of nitrogens with two attached hydrogens (primary N) is 1. The van der Waals surface area contributed by atoms with Crippen LogP contribution in [0.15, 0.2) is 0 Å². The molecule has 6 heterocycles. The molecule has 0 aromatic heterocycles. The predicted octanol–water partition coefficient (Wildman–Crippen LogP) is -0.730. The number of hydrogen-bond acceptors (Lipinski definition) is 15. The van der Waals surface area contributed by atoms with Crippen molar-refractivity contribution in [3.8, 4) is 0 Å². The number of carbonyl (C=O) groups excluding carboxylic acids is 9. The van der Waals surface area contributed by atoms with Crippen molar-refractivity contribution >= 4 is 53.4 Å². The standard InChI is InChI=1S/C18H29N3O6.C17H26N4O5.C12H18N4O3/c1-12(22)11-14(16(24)20-7-9-26-10-8-20)21-6-5-13(15(21)23)19-17(25)27-18(2,3)4;1-17(2,3)26-16(24)19-12-5-6-21(14(12)22)13(11-18-4)15(23)20-7-9-25-10-8-20;1-14-8-10(16-3-2-9(13)11(16)17)12(18)15-4-6-19-7-5-15/h13-14H,5-11H2,1-4H3,(H,19,25);12-13H,5-11H2,1-3H3,(H,19,24);9-10H,2-8,13H2/t13-,14-;12-,13-;9-,10-/m000/s1. The first-order valence-corrected chi connectivity index (χ1v) is 24.4. The van der Waals surface area contributed by atoms with Gasteiger partial charge in [-0.2, -0.15) is 0 Å². The maximum atomic E-state index is 12.9. The lowest BCUT2D eigenvalue weighted by Crippen LogP contribution is -2.55. The van der Waals surface area contributed by atoms with Gasteiger partial charge in [0.15, 0.2) is 12.1 Å². The van der Waals surface area contributed by atoms with Crippen LogP contribution in [0.5, 0.6) is 0 Å². The molecule has 6 aliphatic rings. The fourth-order valence-electron chi connectivity index (χ4n) is 8.60. The van der Waals surface area contributed by atoms with Crippen LogP contribution < -0.4 is 16.4 Å². The summed E-state index contributed by atoms with van der Waals surface area (Å²) in [5, 5.41) is 5.12. The summed E-state index contributed by atoms with van der Waals surface area (Å²) in [6, 6.07) is -4.41. The molecule has 4 N–H and O–H groups in total. The van der Waals surface area contributed by atoms with Crippen LogP contribution in [0, 0.1) is 13.1 Å². The lowest BCUT2D eigenvalue weighted by atomic mass is 10.1. The number of ketones is 1. The third kappa shape index (κ3) is 17.3. The Balaban J connectivity index is 0.000000238. The number of nitrogens with one attached hydrogen (secondary N) is 2. The number of carbonyl (C=O) groups is 9. The van der Waals surface area contributed by atoms with Crippen molar-refractivity contribution in [2.45, 2.75) is 122 Å². The average Bonchev–Trinajstić information content (AvgIpc) is 3.99. The molecule has 6 rings (SSSR count). The van der Waals surface area contributed by atoms with Gasteiger partial charge >= 0.3 is 12.2 Å². The second-order valence-electron chi connectivity index (χ2n) is 19.9. The van der Waals surface area contributed by atoms with Gasteiger partial charge in [0, 0.05) is 65.3 Å². The zero-order valence-electron chi connectivity index (χ0n) is 42.7. The predicted molar refractivity (Wildman–Crippen MR) is 255 cm³/mol. The first-order valence-electron chi connectivity index (χ1n) is 24.4. The normalized spacial score (nSPS) is 22.8. The van der Waals surface area contributed by atoms with Crippen molar-refractivity contribution < 1.29 is 66.8 Å².